The molecule has 0 spiro atoms. The first-order valence-corrected chi connectivity index (χ1v) is 9.61. The van der Waals surface area contributed by atoms with Crippen molar-refractivity contribution in [1.29, 1.82) is 0 Å². The number of nitrogens with zero attached hydrogens (tertiary/aromatic N) is 2. The SMILES string of the molecule is Cc1cccc(N2C(=O)C(CCCC(=O)NO)N(Cc3ccccc3)C2=O)c1C. The zero-order valence-electron chi connectivity index (χ0n) is 16.6. The normalized spacial score (nSPS) is 16.4. The van der Waals surface area contributed by atoms with E-state index in [2.05, 4.69) is 0 Å². The highest BCUT2D eigenvalue weighted by molar-refractivity contribution is 6.21. The molecule has 1 saturated heterocycles. The third-order valence-electron chi connectivity index (χ3n) is 5.34. The van der Waals surface area contributed by atoms with E-state index in [0.29, 0.717) is 25.1 Å². The number of carbonyl (C=O) groups excluding carboxylic acids is 3. The summed E-state index contributed by atoms with van der Waals surface area (Å²) in [5.41, 5.74) is 5.00. The van der Waals surface area contributed by atoms with Gasteiger partial charge in [-0.1, -0.05) is 42.5 Å². The number of nitrogens with one attached hydrogen (secondary N) is 1. The van der Waals surface area contributed by atoms with Crippen LogP contribution in [0, 0.1) is 13.8 Å². The number of rotatable bonds is 7. The summed E-state index contributed by atoms with van der Waals surface area (Å²) in [7, 11) is 0. The van der Waals surface area contributed by atoms with E-state index in [0.717, 1.165) is 16.7 Å². The van der Waals surface area contributed by atoms with E-state index in [1.165, 1.54) is 4.90 Å². The lowest BCUT2D eigenvalue weighted by Crippen LogP contribution is -2.35. The Balaban J connectivity index is 1.90. The smallest absolute Gasteiger partial charge is 0.308 e. The first-order valence-electron chi connectivity index (χ1n) is 9.61. The average Bonchev–Trinajstić information content (AvgIpc) is 2.95. The molecule has 1 unspecified atom stereocenters. The average molecular weight is 395 g/mol. The lowest BCUT2D eigenvalue weighted by molar-refractivity contribution is -0.129. The third-order valence-corrected chi connectivity index (χ3v) is 5.34. The van der Waals surface area contributed by atoms with Gasteiger partial charge in [-0.25, -0.2) is 15.2 Å². The van der Waals surface area contributed by atoms with Gasteiger partial charge in [0.1, 0.15) is 6.04 Å². The number of hydrogen-bond acceptors (Lipinski definition) is 4. The topological polar surface area (TPSA) is 89.9 Å². The Hall–Kier alpha value is -3.19. The second kappa shape index (κ2) is 8.87. The van der Waals surface area contributed by atoms with Crippen molar-refractivity contribution in [3.63, 3.8) is 0 Å². The van der Waals surface area contributed by atoms with Crippen LogP contribution in [0.25, 0.3) is 0 Å². The van der Waals surface area contributed by atoms with E-state index < -0.39 is 11.9 Å². The fourth-order valence-corrected chi connectivity index (χ4v) is 3.59. The minimum Gasteiger partial charge on any atom is -0.308 e. The van der Waals surface area contributed by atoms with Crippen LogP contribution in [0.1, 0.15) is 36.0 Å². The molecule has 0 radical (unpaired) electrons. The van der Waals surface area contributed by atoms with E-state index in [-0.39, 0.29) is 18.4 Å². The lowest BCUT2D eigenvalue weighted by atomic mass is 10.1. The van der Waals surface area contributed by atoms with Gasteiger partial charge in [0.2, 0.25) is 5.91 Å². The molecule has 0 saturated carbocycles. The van der Waals surface area contributed by atoms with Crippen molar-refractivity contribution in [1.82, 2.24) is 10.4 Å². The molecular formula is C22H25N3O4. The van der Waals surface area contributed by atoms with Crippen molar-refractivity contribution in [2.45, 2.75) is 45.7 Å². The summed E-state index contributed by atoms with van der Waals surface area (Å²) in [6, 6.07) is 14.0. The summed E-state index contributed by atoms with van der Waals surface area (Å²) >= 11 is 0. The summed E-state index contributed by atoms with van der Waals surface area (Å²) in [5.74, 6) is -0.799. The third kappa shape index (κ3) is 4.30. The maximum atomic E-state index is 13.3. The van der Waals surface area contributed by atoms with Gasteiger partial charge in [0.05, 0.1) is 5.69 Å². The van der Waals surface area contributed by atoms with Gasteiger partial charge in [-0.3, -0.25) is 14.8 Å². The number of benzene rings is 2. The monoisotopic (exact) mass is 395 g/mol. The number of aryl methyl sites for hydroxylation is 1. The Morgan fingerprint density at radius 1 is 1.07 bits per heavy atom. The molecule has 0 aliphatic carbocycles. The summed E-state index contributed by atoms with van der Waals surface area (Å²) in [5, 5.41) is 8.68. The van der Waals surface area contributed by atoms with Gasteiger partial charge in [-0.2, -0.15) is 0 Å². The van der Waals surface area contributed by atoms with Crippen molar-refractivity contribution in [3.8, 4) is 0 Å². The van der Waals surface area contributed by atoms with Gasteiger partial charge < -0.3 is 4.90 Å². The molecule has 2 N–H and O–H groups in total. The fourth-order valence-electron chi connectivity index (χ4n) is 3.59. The van der Waals surface area contributed by atoms with Crippen LogP contribution in [0.15, 0.2) is 48.5 Å². The minimum atomic E-state index is -0.658. The predicted molar refractivity (Wildman–Crippen MR) is 108 cm³/mol. The standard InChI is InChI=1S/C22H25N3O4/c1-15-8-6-11-18(16(15)2)25-21(27)19(12-7-13-20(26)23-29)24(22(25)28)14-17-9-4-3-5-10-17/h3-6,8-11,19,29H,7,12-14H2,1-2H3,(H,23,26). The van der Waals surface area contributed by atoms with Gasteiger partial charge in [0.25, 0.3) is 5.91 Å². The number of anilines is 1. The zero-order valence-corrected chi connectivity index (χ0v) is 16.6. The highest BCUT2D eigenvalue weighted by Crippen LogP contribution is 2.32. The van der Waals surface area contributed by atoms with Crippen LogP contribution in [0.3, 0.4) is 0 Å². The van der Waals surface area contributed by atoms with E-state index in [1.807, 2.05) is 56.3 Å². The second-order valence-electron chi connectivity index (χ2n) is 7.23. The molecule has 2 aromatic carbocycles. The van der Waals surface area contributed by atoms with Gasteiger partial charge in [0.15, 0.2) is 0 Å². The second-order valence-corrected chi connectivity index (χ2v) is 7.23. The van der Waals surface area contributed by atoms with Crippen LogP contribution in [0.2, 0.25) is 0 Å². The quantitative estimate of drug-likeness (QED) is 0.428. The summed E-state index contributed by atoms with van der Waals surface area (Å²) < 4.78 is 0. The van der Waals surface area contributed by atoms with Gasteiger partial charge in [0, 0.05) is 13.0 Å². The van der Waals surface area contributed by atoms with E-state index in [1.54, 1.807) is 16.4 Å². The van der Waals surface area contributed by atoms with Gasteiger partial charge >= 0.3 is 6.03 Å². The first-order chi connectivity index (χ1) is 13.9. The zero-order chi connectivity index (χ0) is 21.0. The predicted octanol–water partition coefficient (Wildman–Crippen LogP) is 3.32. The van der Waals surface area contributed by atoms with E-state index in [9.17, 15) is 14.4 Å². The van der Waals surface area contributed by atoms with Crippen molar-refractivity contribution in [2.24, 2.45) is 0 Å². The molecule has 1 aliphatic rings. The van der Waals surface area contributed by atoms with Crippen LogP contribution >= 0.6 is 0 Å². The van der Waals surface area contributed by atoms with Gasteiger partial charge in [-0.05, 0) is 49.4 Å². The Labute approximate surface area is 169 Å². The number of carbonyl (C=O) groups is 3. The first kappa shape index (κ1) is 20.5. The number of urea groups is 1. The van der Waals surface area contributed by atoms with E-state index in [4.69, 9.17) is 5.21 Å². The number of hydroxylamine groups is 1. The molecule has 29 heavy (non-hydrogen) atoms. The van der Waals surface area contributed by atoms with Crippen LogP contribution in [-0.4, -0.2) is 34.0 Å². The molecule has 0 aromatic heterocycles. The van der Waals surface area contributed by atoms with E-state index >= 15 is 0 Å². The molecule has 152 valence electrons. The van der Waals surface area contributed by atoms with Crippen LogP contribution in [-0.2, 0) is 16.1 Å². The van der Waals surface area contributed by atoms with Crippen molar-refractivity contribution < 1.29 is 19.6 Å². The number of hydrogen-bond donors (Lipinski definition) is 2. The molecule has 4 amide bonds. The van der Waals surface area contributed by atoms with Crippen LogP contribution < -0.4 is 10.4 Å². The lowest BCUT2D eigenvalue weighted by Gasteiger charge is -2.22. The van der Waals surface area contributed by atoms with Crippen LogP contribution in [0.4, 0.5) is 10.5 Å². The van der Waals surface area contributed by atoms with Crippen molar-refractivity contribution in [3.05, 3.63) is 65.2 Å². The Morgan fingerprint density at radius 2 is 1.79 bits per heavy atom. The highest BCUT2D eigenvalue weighted by atomic mass is 16.5. The maximum absolute atomic E-state index is 13.3. The summed E-state index contributed by atoms with van der Waals surface area (Å²) in [6.07, 6.45) is 0.797. The Morgan fingerprint density at radius 3 is 2.48 bits per heavy atom. The summed E-state index contributed by atoms with van der Waals surface area (Å²) in [4.78, 5) is 40.7. The molecule has 7 nitrogen and oxygen atoms in total. The highest BCUT2D eigenvalue weighted by Gasteiger charge is 2.45. The largest absolute Gasteiger partial charge is 0.332 e. The Bertz CT molecular complexity index is 914. The number of imide groups is 1. The molecule has 3 rings (SSSR count). The summed E-state index contributed by atoms with van der Waals surface area (Å²) in [6.45, 7) is 4.14. The molecule has 1 heterocycles. The van der Waals surface area contributed by atoms with Crippen molar-refractivity contribution in [2.75, 3.05) is 4.90 Å². The molecule has 2 aromatic rings. The maximum Gasteiger partial charge on any atom is 0.332 e. The molecular weight excluding hydrogens is 370 g/mol. The molecule has 1 aliphatic heterocycles. The number of amides is 4. The molecule has 7 heteroatoms. The van der Waals surface area contributed by atoms with Crippen LogP contribution in [0.5, 0.6) is 0 Å². The van der Waals surface area contributed by atoms with Gasteiger partial charge in [-0.15, -0.1) is 0 Å². The molecule has 1 fully saturated rings. The Kier molecular flexibility index (Phi) is 6.29. The fraction of sp³-hybridized carbons (Fsp3) is 0.318. The molecule has 1 atom stereocenters. The van der Waals surface area contributed by atoms with Crippen molar-refractivity contribution >= 4 is 23.5 Å². The minimum absolute atomic E-state index is 0.0805. The molecule has 0 bridgehead atoms.